The molecule has 0 amide bonds. The van der Waals surface area contributed by atoms with E-state index in [9.17, 15) is 5.11 Å². The first-order valence-corrected chi connectivity index (χ1v) is 13.9. The van der Waals surface area contributed by atoms with Crippen molar-refractivity contribution >= 4 is 35.9 Å². The molecule has 0 aliphatic rings. The van der Waals surface area contributed by atoms with Crippen molar-refractivity contribution in [3.05, 3.63) is 86.0 Å². The summed E-state index contributed by atoms with van der Waals surface area (Å²) < 4.78 is 6.91. The maximum absolute atomic E-state index is 11.0. The molecule has 0 aromatic heterocycles. The molecule has 2 atom stereocenters. The lowest BCUT2D eigenvalue weighted by Crippen LogP contribution is -2.66. The van der Waals surface area contributed by atoms with Gasteiger partial charge in [0.05, 0.1) is 11.1 Å². The zero-order valence-electron chi connectivity index (χ0n) is 20.5. The lowest BCUT2D eigenvalue weighted by atomic mass is 10.0. The summed E-state index contributed by atoms with van der Waals surface area (Å²) in [5, 5.41) is 13.4. The number of rotatable bonds is 12. The second-order valence-corrected chi connectivity index (χ2v) is 14.2. The highest BCUT2D eigenvalue weighted by Crippen LogP contribution is 2.37. The average molecular weight is 482 g/mol. The van der Waals surface area contributed by atoms with Gasteiger partial charge in [0.25, 0.3) is 8.32 Å². The molecule has 1 N–H and O–H groups in total. The van der Waals surface area contributed by atoms with Crippen molar-refractivity contribution in [3.63, 3.8) is 0 Å². The molecule has 0 spiro atoms. The smallest absolute Gasteiger partial charge is 0.261 e. The Kier molecular flexibility index (Phi) is 10.2. The average Bonchev–Trinajstić information content (AvgIpc) is 2.81. The van der Waals surface area contributed by atoms with Gasteiger partial charge in [-0.1, -0.05) is 113 Å². The molecule has 0 fully saturated rings. The molecule has 3 nitrogen and oxygen atoms in total. The number of benzene rings is 2. The predicted molar refractivity (Wildman–Crippen MR) is 148 cm³/mol. The van der Waals surface area contributed by atoms with Crippen LogP contribution in [0, 0.1) is 5.92 Å². The minimum atomic E-state index is -2.61. The molecule has 0 saturated carbocycles. The molecule has 0 heterocycles. The molecule has 0 aliphatic heterocycles. The van der Waals surface area contributed by atoms with Crippen LogP contribution in [0.1, 0.15) is 34.1 Å². The normalized spacial score (nSPS) is 13.7. The third kappa shape index (κ3) is 6.51. The highest BCUT2D eigenvalue weighted by molar-refractivity contribution is 7.80. The van der Waals surface area contributed by atoms with Crippen molar-refractivity contribution < 1.29 is 9.53 Å². The van der Waals surface area contributed by atoms with Crippen LogP contribution >= 0.6 is 12.2 Å². The van der Waals surface area contributed by atoms with Gasteiger partial charge in [0.1, 0.15) is 0 Å². The highest BCUT2D eigenvalue weighted by Gasteiger charge is 2.50. The van der Waals surface area contributed by atoms with Crippen molar-refractivity contribution in [1.82, 2.24) is 4.90 Å². The van der Waals surface area contributed by atoms with Crippen molar-refractivity contribution in [3.8, 4) is 0 Å². The Bertz CT molecular complexity index is 846. The van der Waals surface area contributed by atoms with Crippen LogP contribution in [0.25, 0.3) is 0 Å². The summed E-state index contributed by atoms with van der Waals surface area (Å²) >= 11 is 5.68. The van der Waals surface area contributed by atoms with Crippen molar-refractivity contribution in [2.75, 3.05) is 19.7 Å². The van der Waals surface area contributed by atoms with Gasteiger partial charge in [0.15, 0.2) is 0 Å². The van der Waals surface area contributed by atoms with Crippen molar-refractivity contribution in [2.45, 2.75) is 45.3 Å². The lowest BCUT2D eigenvalue weighted by molar-refractivity contribution is 0.109. The first kappa shape index (κ1) is 27.2. The third-order valence-electron chi connectivity index (χ3n) is 6.13. The fourth-order valence-electron chi connectivity index (χ4n) is 4.36. The van der Waals surface area contributed by atoms with Crippen LogP contribution in [0.2, 0.25) is 5.04 Å². The lowest BCUT2D eigenvalue weighted by Gasteiger charge is -2.43. The van der Waals surface area contributed by atoms with Gasteiger partial charge in [-0.2, -0.15) is 0 Å². The Morgan fingerprint density at radius 1 is 1.00 bits per heavy atom. The van der Waals surface area contributed by atoms with E-state index in [4.69, 9.17) is 16.6 Å². The maximum Gasteiger partial charge on any atom is 0.261 e. The number of nitrogens with zero attached hydrogens (tertiary/aromatic N) is 1. The largest absolute Gasteiger partial charge is 0.407 e. The molecular weight excluding hydrogens is 442 g/mol. The predicted octanol–water partition coefficient (Wildman–Crippen LogP) is 4.95. The monoisotopic (exact) mass is 481 g/mol. The summed E-state index contributed by atoms with van der Waals surface area (Å²) in [4.78, 5) is 2.75. The Morgan fingerprint density at radius 2 is 1.45 bits per heavy atom. The molecular formula is C28H39NO2SSi. The van der Waals surface area contributed by atoms with Gasteiger partial charge in [0.2, 0.25) is 0 Å². The van der Waals surface area contributed by atoms with Crippen LogP contribution in [0.15, 0.2) is 86.0 Å². The van der Waals surface area contributed by atoms with E-state index in [1.807, 2.05) is 36.1 Å². The summed E-state index contributed by atoms with van der Waals surface area (Å²) in [6, 6.07) is 21.1. The SMILES string of the molecule is C=CCN(CC=C)C(=S)C(C)C(O)CCO[Si](c1ccccc1)(c1ccccc1)C(C)(C)C. The molecule has 178 valence electrons. The van der Waals surface area contributed by atoms with Gasteiger partial charge in [-0.3, -0.25) is 0 Å². The molecule has 0 bridgehead atoms. The summed E-state index contributed by atoms with van der Waals surface area (Å²) in [6.07, 6.45) is 3.57. The Balaban J connectivity index is 2.26. The second kappa shape index (κ2) is 12.4. The Morgan fingerprint density at radius 3 is 1.85 bits per heavy atom. The van der Waals surface area contributed by atoms with E-state index in [-0.39, 0.29) is 11.0 Å². The van der Waals surface area contributed by atoms with E-state index < -0.39 is 14.4 Å². The minimum absolute atomic E-state index is 0.0910. The molecule has 33 heavy (non-hydrogen) atoms. The van der Waals surface area contributed by atoms with Gasteiger partial charge >= 0.3 is 0 Å². The quantitative estimate of drug-likeness (QED) is 0.264. The van der Waals surface area contributed by atoms with Crippen LogP contribution in [0.5, 0.6) is 0 Å². The van der Waals surface area contributed by atoms with Crippen LogP contribution in [-0.2, 0) is 4.43 Å². The van der Waals surface area contributed by atoms with Crippen LogP contribution in [0.3, 0.4) is 0 Å². The van der Waals surface area contributed by atoms with E-state index >= 15 is 0 Å². The van der Waals surface area contributed by atoms with Gasteiger partial charge in [-0.05, 0) is 21.8 Å². The summed E-state index contributed by atoms with van der Waals surface area (Å²) in [6.45, 7) is 18.1. The van der Waals surface area contributed by atoms with Gasteiger partial charge in [-0.25, -0.2) is 0 Å². The van der Waals surface area contributed by atoms with Gasteiger partial charge in [-0.15, -0.1) is 13.2 Å². The molecule has 0 saturated heterocycles. The van der Waals surface area contributed by atoms with E-state index in [1.165, 1.54) is 10.4 Å². The highest BCUT2D eigenvalue weighted by atomic mass is 32.1. The molecule has 2 aromatic carbocycles. The molecule has 0 radical (unpaired) electrons. The molecule has 5 heteroatoms. The van der Waals surface area contributed by atoms with E-state index in [2.05, 4.69) is 82.5 Å². The van der Waals surface area contributed by atoms with Crippen LogP contribution in [0.4, 0.5) is 0 Å². The number of hydrogen-bond donors (Lipinski definition) is 1. The van der Waals surface area contributed by atoms with Crippen LogP contribution in [-0.4, -0.2) is 49.1 Å². The van der Waals surface area contributed by atoms with Crippen LogP contribution < -0.4 is 10.4 Å². The maximum atomic E-state index is 11.0. The molecule has 2 aromatic rings. The molecule has 2 unspecified atom stereocenters. The van der Waals surface area contributed by atoms with E-state index in [0.29, 0.717) is 26.1 Å². The standard InChI is InChI=1S/C28H39NO2SSi/c1-7-20-29(21-8-2)27(32)23(3)26(30)19-22-31-33(28(4,5)6,24-15-11-9-12-16-24)25-17-13-10-14-18-25/h7-18,23,26,30H,1-2,19-22H2,3-6H3. The number of aliphatic hydroxyl groups excluding tert-OH is 1. The van der Waals surface area contributed by atoms with Crippen molar-refractivity contribution in [2.24, 2.45) is 5.92 Å². The first-order chi connectivity index (χ1) is 15.7. The third-order valence-corrected chi connectivity index (χ3v) is 11.8. The number of thiocarbonyl (C=S) groups is 1. The zero-order valence-corrected chi connectivity index (χ0v) is 22.4. The summed E-state index contributed by atoms with van der Waals surface area (Å²) in [7, 11) is -2.61. The first-order valence-electron chi connectivity index (χ1n) is 11.6. The summed E-state index contributed by atoms with van der Waals surface area (Å²) in [5.74, 6) is -0.164. The second-order valence-electron chi connectivity index (χ2n) is 9.48. The zero-order chi connectivity index (χ0) is 24.5. The molecule has 0 aliphatic carbocycles. The van der Waals surface area contributed by atoms with E-state index in [1.54, 1.807) is 0 Å². The Hall–Kier alpha value is -2.05. The van der Waals surface area contributed by atoms with Gasteiger partial charge < -0.3 is 14.4 Å². The van der Waals surface area contributed by atoms with E-state index in [0.717, 1.165) is 4.99 Å². The minimum Gasteiger partial charge on any atom is -0.407 e. The van der Waals surface area contributed by atoms with Crippen molar-refractivity contribution in [1.29, 1.82) is 0 Å². The summed E-state index contributed by atoms with van der Waals surface area (Å²) in [5.41, 5.74) is 0. The van der Waals surface area contributed by atoms with Gasteiger partial charge in [0, 0.05) is 25.6 Å². The fraction of sp³-hybridized carbons (Fsp3) is 0.393. The number of aliphatic hydroxyl groups is 1. The Labute approximate surface area is 206 Å². The topological polar surface area (TPSA) is 32.7 Å². The number of hydrogen-bond acceptors (Lipinski definition) is 3. The molecule has 2 rings (SSSR count). The fourth-order valence-corrected chi connectivity index (χ4v) is 9.25.